The van der Waals surface area contributed by atoms with Crippen molar-refractivity contribution in [3.8, 4) is 0 Å². The molecule has 124 valence electrons. The third-order valence-electron chi connectivity index (χ3n) is 4.72. The van der Waals surface area contributed by atoms with E-state index < -0.39 is 0 Å². The van der Waals surface area contributed by atoms with Crippen LogP contribution in [0.15, 0.2) is 53.6 Å². The number of hydrogen-bond acceptors (Lipinski definition) is 4. The normalized spacial score (nSPS) is 20.8. The molecule has 0 saturated carbocycles. The van der Waals surface area contributed by atoms with Crippen LogP contribution >= 0.6 is 11.8 Å². The molecular formula is C19H21N3OS. The van der Waals surface area contributed by atoms with Crippen LogP contribution in [-0.4, -0.2) is 52.1 Å². The van der Waals surface area contributed by atoms with Gasteiger partial charge in [0.25, 0.3) is 0 Å². The minimum absolute atomic E-state index is 0.0599. The Labute approximate surface area is 146 Å². The Morgan fingerprint density at radius 3 is 2.62 bits per heavy atom. The van der Waals surface area contributed by atoms with E-state index in [4.69, 9.17) is 0 Å². The van der Waals surface area contributed by atoms with Crippen molar-refractivity contribution in [2.45, 2.75) is 23.1 Å². The molecule has 0 bridgehead atoms. The Morgan fingerprint density at radius 1 is 1.08 bits per heavy atom. The number of piperazine rings is 1. The van der Waals surface area contributed by atoms with Crippen LogP contribution in [0.3, 0.4) is 0 Å². The number of thioether (sulfide) groups is 1. The van der Waals surface area contributed by atoms with Gasteiger partial charge in [-0.05, 0) is 30.2 Å². The second-order valence-electron chi connectivity index (χ2n) is 6.34. The number of aromatic nitrogens is 1. The van der Waals surface area contributed by atoms with Gasteiger partial charge in [-0.3, -0.25) is 14.7 Å². The number of nitrogens with zero attached hydrogens (tertiary/aromatic N) is 3. The summed E-state index contributed by atoms with van der Waals surface area (Å²) in [5.74, 6) is 0.300. The van der Waals surface area contributed by atoms with Crippen LogP contribution < -0.4 is 0 Å². The van der Waals surface area contributed by atoms with Crippen LogP contribution in [0, 0.1) is 0 Å². The number of amides is 1. The van der Waals surface area contributed by atoms with E-state index in [2.05, 4.69) is 40.2 Å². The molecule has 2 aromatic rings. The first kappa shape index (κ1) is 15.7. The largest absolute Gasteiger partial charge is 0.339 e. The molecule has 0 aliphatic carbocycles. The SMILES string of the molecule is O=C(C1Cc2ccccc2S1)N1CCN(Cc2ccccn2)CC1. The van der Waals surface area contributed by atoms with Crippen molar-refractivity contribution in [3.63, 3.8) is 0 Å². The standard InChI is InChI=1S/C19H21N3OS/c23-19(18-13-15-5-1-2-7-17(15)24-18)22-11-9-21(10-12-22)14-16-6-3-4-8-20-16/h1-8,18H,9-14H2. The van der Waals surface area contributed by atoms with E-state index in [1.807, 2.05) is 23.2 Å². The van der Waals surface area contributed by atoms with Crippen molar-refractivity contribution in [1.82, 2.24) is 14.8 Å². The molecule has 2 aliphatic rings. The molecule has 0 radical (unpaired) electrons. The number of carbonyl (C=O) groups is 1. The first-order valence-electron chi connectivity index (χ1n) is 8.45. The van der Waals surface area contributed by atoms with Crippen molar-refractivity contribution >= 4 is 17.7 Å². The predicted molar refractivity (Wildman–Crippen MR) is 95.9 cm³/mol. The number of rotatable bonds is 3. The molecule has 24 heavy (non-hydrogen) atoms. The van der Waals surface area contributed by atoms with E-state index in [1.165, 1.54) is 10.5 Å². The molecule has 1 saturated heterocycles. The molecule has 1 fully saturated rings. The number of pyridine rings is 1. The monoisotopic (exact) mass is 339 g/mol. The van der Waals surface area contributed by atoms with Gasteiger partial charge in [-0.15, -0.1) is 11.8 Å². The Bertz CT molecular complexity index is 689. The highest BCUT2D eigenvalue weighted by atomic mass is 32.2. The zero-order valence-corrected chi connectivity index (χ0v) is 14.4. The van der Waals surface area contributed by atoms with E-state index in [1.54, 1.807) is 11.8 Å². The quantitative estimate of drug-likeness (QED) is 0.861. The summed E-state index contributed by atoms with van der Waals surface area (Å²) in [6.07, 6.45) is 2.71. The van der Waals surface area contributed by atoms with Gasteiger partial charge in [0.15, 0.2) is 0 Å². The number of hydrogen-bond donors (Lipinski definition) is 0. The summed E-state index contributed by atoms with van der Waals surface area (Å²) in [5, 5.41) is 0.0599. The third kappa shape index (κ3) is 3.32. The van der Waals surface area contributed by atoms with Crippen LogP contribution in [0.1, 0.15) is 11.3 Å². The molecule has 0 spiro atoms. The number of carbonyl (C=O) groups excluding carboxylic acids is 1. The maximum atomic E-state index is 12.8. The summed E-state index contributed by atoms with van der Waals surface area (Å²) in [6.45, 7) is 4.35. The van der Waals surface area contributed by atoms with Gasteiger partial charge in [0.05, 0.1) is 10.9 Å². The Kier molecular flexibility index (Phi) is 4.54. The van der Waals surface area contributed by atoms with Crippen LogP contribution in [0.25, 0.3) is 0 Å². The average Bonchev–Trinajstić information content (AvgIpc) is 3.07. The van der Waals surface area contributed by atoms with Crippen LogP contribution in [-0.2, 0) is 17.8 Å². The first-order valence-corrected chi connectivity index (χ1v) is 9.33. The minimum Gasteiger partial charge on any atom is -0.339 e. The lowest BCUT2D eigenvalue weighted by Gasteiger charge is -2.35. The smallest absolute Gasteiger partial charge is 0.236 e. The van der Waals surface area contributed by atoms with Gasteiger partial charge in [-0.2, -0.15) is 0 Å². The van der Waals surface area contributed by atoms with Gasteiger partial charge < -0.3 is 4.90 Å². The summed E-state index contributed by atoms with van der Waals surface area (Å²) < 4.78 is 0. The second-order valence-corrected chi connectivity index (χ2v) is 7.59. The third-order valence-corrected chi connectivity index (χ3v) is 6.02. The molecule has 1 unspecified atom stereocenters. The molecule has 1 aromatic heterocycles. The molecule has 0 N–H and O–H groups in total. The minimum atomic E-state index is 0.0599. The van der Waals surface area contributed by atoms with Gasteiger partial charge in [0, 0.05) is 43.8 Å². The molecule has 1 aromatic carbocycles. The topological polar surface area (TPSA) is 36.4 Å². The van der Waals surface area contributed by atoms with E-state index in [-0.39, 0.29) is 5.25 Å². The van der Waals surface area contributed by atoms with Crippen molar-refractivity contribution in [2.24, 2.45) is 0 Å². The van der Waals surface area contributed by atoms with E-state index in [9.17, 15) is 4.79 Å². The predicted octanol–water partition coefficient (Wildman–Crippen LogP) is 2.44. The molecule has 2 aliphatic heterocycles. The molecule has 1 amide bonds. The first-order chi connectivity index (χ1) is 11.8. The van der Waals surface area contributed by atoms with Crippen LogP contribution in [0.2, 0.25) is 0 Å². The van der Waals surface area contributed by atoms with Gasteiger partial charge in [-0.25, -0.2) is 0 Å². The zero-order valence-electron chi connectivity index (χ0n) is 13.6. The fourth-order valence-corrected chi connectivity index (χ4v) is 4.65. The molecular weight excluding hydrogens is 318 g/mol. The van der Waals surface area contributed by atoms with Gasteiger partial charge >= 0.3 is 0 Å². The van der Waals surface area contributed by atoms with Crippen LogP contribution in [0.5, 0.6) is 0 Å². The molecule has 4 rings (SSSR count). The van der Waals surface area contributed by atoms with Gasteiger partial charge in [-0.1, -0.05) is 24.3 Å². The Balaban J connectivity index is 1.31. The van der Waals surface area contributed by atoms with Crippen molar-refractivity contribution < 1.29 is 4.79 Å². The highest BCUT2D eigenvalue weighted by Gasteiger charge is 2.32. The summed E-state index contributed by atoms with van der Waals surface area (Å²) in [7, 11) is 0. The lowest BCUT2D eigenvalue weighted by atomic mass is 10.1. The van der Waals surface area contributed by atoms with Crippen molar-refractivity contribution in [3.05, 3.63) is 59.9 Å². The molecule has 4 nitrogen and oxygen atoms in total. The summed E-state index contributed by atoms with van der Waals surface area (Å²) in [4.78, 5) is 22.9. The van der Waals surface area contributed by atoms with E-state index in [0.717, 1.165) is 44.8 Å². The maximum Gasteiger partial charge on any atom is 0.236 e. The number of benzene rings is 1. The van der Waals surface area contributed by atoms with Crippen molar-refractivity contribution in [2.75, 3.05) is 26.2 Å². The molecule has 1 atom stereocenters. The molecule has 3 heterocycles. The summed E-state index contributed by atoms with van der Waals surface area (Å²) in [6, 6.07) is 14.4. The maximum absolute atomic E-state index is 12.8. The van der Waals surface area contributed by atoms with E-state index in [0.29, 0.717) is 5.91 Å². The van der Waals surface area contributed by atoms with Crippen LogP contribution in [0.4, 0.5) is 0 Å². The summed E-state index contributed by atoms with van der Waals surface area (Å²) in [5.41, 5.74) is 2.41. The van der Waals surface area contributed by atoms with Crippen molar-refractivity contribution in [1.29, 1.82) is 0 Å². The average molecular weight is 339 g/mol. The highest BCUT2D eigenvalue weighted by Crippen LogP contribution is 2.37. The fourth-order valence-electron chi connectivity index (χ4n) is 3.37. The number of fused-ring (bicyclic) bond motifs is 1. The fraction of sp³-hybridized carbons (Fsp3) is 0.368. The summed E-state index contributed by atoms with van der Waals surface area (Å²) >= 11 is 1.73. The van der Waals surface area contributed by atoms with Gasteiger partial charge in [0.1, 0.15) is 0 Å². The second kappa shape index (κ2) is 6.95. The lowest BCUT2D eigenvalue weighted by Crippen LogP contribution is -2.50. The van der Waals surface area contributed by atoms with E-state index >= 15 is 0 Å². The Morgan fingerprint density at radius 2 is 1.88 bits per heavy atom. The highest BCUT2D eigenvalue weighted by molar-refractivity contribution is 8.01. The zero-order chi connectivity index (χ0) is 16.4. The van der Waals surface area contributed by atoms with Gasteiger partial charge in [0.2, 0.25) is 5.91 Å². The molecule has 5 heteroatoms. The Hall–Kier alpha value is -1.85. The lowest BCUT2D eigenvalue weighted by molar-refractivity contribution is -0.132.